The average Bonchev–Trinajstić information content (AvgIpc) is 2.84. The number of aliphatic carboxylic acids is 1. The summed E-state index contributed by atoms with van der Waals surface area (Å²) in [6.45, 7) is 5.67. The molecule has 1 aromatic carbocycles. The Kier molecular flexibility index (Phi) is 3.71. The van der Waals surface area contributed by atoms with Gasteiger partial charge < -0.3 is 5.11 Å². The van der Waals surface area contributed by atoms with Crippen LogP contribution in [0.1, 0.15) is 38.3 Å². The van der Waals surface area contributed by atoms with Gasteiger partial charge in [-0.05, 0) is 31.9 Å². The normalized spacial score (nSPS) is 26.1. The Bertz CT molecular complexity index is 418. The number of hydrogen-bond donors (Lipinski definition) is 1. The number of hydrogen-bond acceptors (Lipinski definition) is 2. The molecule has 3 nitrogen and oxygen atoms in total. The molecule has 0 saturated carbocycles. The Morgan fingerprint density at radius 3 is 2.61 bits per heavy atom. The fourth-order valence-electron chi connectivity index (χ4n) is 2.79. The molecule has 1 aliphatic heterocycles. The van der Waals surface area contributed by atoms with Crippen LogP contribution in [0.25, 0.3) is 0 Å². The molecule has 0 spiro atoms. The first-order valence-corrected chi connectivity index (χ1v) is 6.61. The zero-order valence-electron chi connectivity index (χ0n) is 11.1. The molecular formula is C15H21NO2. The maximum absolute atomic E-state index is 11.4. The van der Waals surface area contributed by atoms with E-state index in [0.717, 1.165) is 13.0 Å². The van der Waals surface area contributed by atoms with Crippen LogP contribution in [-0.2, 0) is 4.79 Å². The minimum Gasteiger partial charge on any atom is -0.481 e. The molecule has 2 rings (SSSR count). The highest BCUT2D eigenvalue weighted by molar-refractivity contribution is 5.75. The molecule has 3 heteroatoms. The number of carbonyl (C=O) groups is 1. The van der Waals surface area contributed by atoms with Gasteiger partial charge in [-0.25, -0.2) is 0 Å². The number of nitrogens with zero attached hydrogens (tertiary/aromatic N) is 1. The number of benzene rings is 1. The highest BCUT2D eigenvalue weighted by Crippen LogP contribution is 2.38. The van der Waals surface area contributed by atoms with Crippen molar-refractivity contribution in [1.82, 2.24) is 4.90 Å². The standard InChI is InChI=1S/C15H21NO2/c1-3-15(14(17)18)9-10-16(11-15)12(2)13-7-5-4-6-8-13/h4-8,12H,3,9-11H2,1-2H3,(H,17,18). The van der Waals surface area contributed by atoms with Gasteiger partial charge in [0.1, 0.15) is 0 Å². The van der Waals surface area contributed by atoms with Gasteiger partial charge in [0.25, 0.3) is 0 Å². The van der Waals surface area contributed by atoms with Gasteiger partial charge in [-0.15, -0.1) is 0 Å². The molecule has 1 fully saturated rings. The minimum absolute atomic E-state index is 0.291. The van der Waals surface area contributed by atoms with Crippen molar-refractivity contribution in [3.63, 3.8) is 0 Å². The molecule has 1 aliphatic rings. The molecule has 2 unspecified atom stereocenters. The van der Waals surface area contributed by atoms with E-state index >= 15 is 0 Å². The minimum atomic E-state index is -0.646. The number of rotatable bonds is 4. The van der Waals surface area contributed by atoms with Crippen LogP contribution in [0, 0.1) is 5.41 Å². The van der Waals surface area contributed by atoms with E-state index in [0.29, 0.717) is 19.0 Å². The summed E-state index contributed by atoms with van der Waals surface area (Å²) in [4.78, 5) is 13.7. The van der Waals surface area contributed by atoms with E-state index < -0.39 is 11.4 Å². The lowest BCUT2D eigenvalue weighted by molar-refractivity contribution is -0.148. The van der Waals surface area contributed by atoms with Crippen LogP contribution < -0.4 is 0 Å². The summed E-state index contributed by atoms with van der Waals surface area (Å²) in [6, 6.07) is 10.6. The van der Waals surface area contributed by atoms with Crippen LogP contribution >= 0.6 is 0 Å². The molecule has 0 amide bonds. The summed E-state index contributed by atoms with van der Waals surface area (Å²) in [5.74, 6) is -0.646. The van der Waals surface area contributed by atoms with E-state index in [4.69, 9.17) is 0 Å². The number of likely N-dealkylation sites (tertiary alicyclic amines) is 1. The van der Waals surface area contributed by atoms with Gasteiger partial charge in [0.05, 0.1) is 5.41 Å². The zero-order chi connectivity index (χ0) is 13.2. The van der Waals surface area contributed by atoms with E-state index in [1.54, 1.807) is 0 Å². The van der Waals surface area contributed by atoms with Crippen molar-refractivity contribution in [1.29, 1.82) is 0 Å². The van der Waals surface area contributed by atoms with Crippen molar-refractivity contribution < 1.29 is 9.90 Å². The summed E-state index contributed by atoms with van der Waals surface area (Å²) >= 11 is 0. The molecule has 0 aliphatic carbocycles. The van der Waals surface area contributed by atoms with Gasteiger partial charge in [-0.2, -0.15) is 0 Å². The molecule has 18 heavy (non-hydrogen) atoms. The number of carboxylic acid groups (broad SMARTS) is 1. The fourth-order valence-corrected chi connectivity index (χ4v) is 2.79. The van der Waals surface area contributed by atoms with Crippen LogP contribution in [0.2, 0.25) is 0 Å². The van der Waals surface area contributed by atoms with Gasteiger partial charge in [0, 0.05) is 12.6 Å². The molecule has 0 aromatic heterocycles. The van der Waals surface area contributed by atoms with Crippen LogP contribution in [0.4, 0.5) is 0 Å². The summed E-state index contributed by atoms with van der Waals surface area (Å²) in [7, 11) is 0. The van der Waals surface area contributed by atoms with Crippen LogP contribution in [0.15, 0.2) is 30.3 Å². The lowest BCUT2D eigenvalue weighted by Gasteiger charge is -2.27. The van der Waals surface area contributed by atoms with Crippen LogP contribution in [0.3, 0.4) is 0 Å². The van der Waals surface area contributed by atoms with Gasteiger partial charge in [0.2, 0.25) is 0 Å². The third-order valence-corrected chi connectivity index (χ3v) is 4.34. The first-order valence-electron chi connectivity index (χ1n) is 6.61. The maximum Gasteiger partial charge on any atom is 0.310 e. The zero-order valence-corrected chi connectivity index (χ0v) is 11.1. The molecule has 98 valence electrons. The molecule has 1 saturated heterocycles. The van der Waals surface area contributed by atoms with E-state index in [1.165, 1.54) is 5.56 Å². The second-order valence-electron chi connectivity index (χ2n) is 5.25. The predicted octanol–water partition coefficient (Wildman–Crippen LogP) is 2.93. The van der Waals surface area contributed by atoms with Gasteiger partial charge >= 0.3 is 5.97 Å². The Hall–Kier alpha value is -1.35. The largest absolute Gasteiger partial charge is 0.481 e. The Morgan fingerprint density at radius 2 is 2.11 bits per heavy atom. The van der Waals surface area contributed by atoms with Gasteiger partial charge in [-0.1, -0.05) is 37.3 Å². The smallest absolute Gasteiger partial charge is 0.310 e. The van der Waals surface area contributed by atoms with Crippen molar-refractivity contribution >= 4 is 5.97 Å². The molecule has 0 radical (unpaired) electrons. The SMILES string of the molecule is CCC1(C(=O)O)CCN(C(C)c2ccccc2)C1. The highest BCUT2D eigenvalue weighted by Gasteiger charge is 2.44. The third kappa shape index (κ3) is 2.27. The maximum atomic E-state index is 11.4. The quantitative estimate of drug-likeness (QED) is 0.889. The van der Waals surface area contributed by atoms with Crippen molar-refractivity contribution in [2.24, 2.45) is 5.41 Å². The van der Waals surface area contributed by atoms with Gasteiger partial charge in [0.15, 0.2) is 0 Å². The van der Waals surface area contributed by atoms with Crippen LogP contribution in [0.5, 0.6) is 0 Å². The first kappa shape index (κ1) is 13.1. The molecule has 1 N–H and O–H groups in total. The van der Waals surface area contributed by atoms with E-state index in [1.807, 2.05) is 25.1 Å². The highest BCUT2D eigenvalue weighted by atomic mass is 16.4. The second-order valence-corrected chi connectivity index (χ2v) is 5.25. The predicted molar refractivity (Wildman–Crippen MR) is 71.4 cm³/mol. The summed E-state index contributed by atoms with van der Waals surface area (Å²) in [6.07, 6.45) is 1.47. The molecule has 1 heterocycles. The van der Waals surface area contributed by atoms with Crippen molar-refractivity contribution in [3.05, 3.63) is 35.9 Å². The summed E-state index contributed by atoms with van der Waals surface area (Å²) in [5.41, 5.74) is 0.720. The molecule has 1 aromatic rings. The van der Waals surface area contributed by atoms with E-state index in [-0.39, 0.29) is 0 Å². The van der Waals surface area contributed by atoms with E-state index in [2.05, 4.69) is 24.0 Å². The Balaban J connectivity index is 2.11. The Morgan fingerprint density at radius 1 is 1.44 bits per heavy atom. The van der Waals surface area contributed by atoms with Crippen LogP contribution in [-0.4, -0.2) is 29.1 Å². The topological polar surface area (TPSA) is 40.5 Å². The van der Waals surface area contributed by atoms with E-state index in [9.17, 15) is 9.90 Å². The van der Waals surface area contributed by atoms with Gasteiger partial charge in [-0.3, -0.25) is 9.69 Å². The third-order valence-electron chi connectivity index (χ3n) is 4.34. The fraction of sp³-hybridized carbons (Fsp3) is 0.533. The number of carboxylic acids is 1. The lowest BCUT2D eigenvalue weighted by atomic mass is 9.84. The summed E-state index contributed by atoms with van der Waals surface area (Å²) < 4.78 is 0. The summed E-state index contributed by atoms with van der Waals surface area (Å²) in [5, 5.41) is 9.41. The Labute approximate surface area is 108 Å². The monoisotopic (exact) mass is 247 g/mol. The molecular weight excluding hydrogens is 226 g/mol. The van der Waals surface area contributed by atoms with Crippen molar-refractivity contribution in [2.45, 2.75) is 32.7 Å². The molecule has 2 atom stereocenters. The first-order chi connectivity index (χ1) is 8.59. The average molecular weight is 247 g/mol. The van der Waals surface area contributed by atoms with Crippen molar-refractivity contribution in [3.8, 4) is 0 Å². The van der Waals surface area contributed by atoms with Crippen molar-refractivity contribution in [2.75, 3.05) is 13.1 Å². The second kappa shape index (κ2) is 5.11. The lowest BCUT2D eigenvalue weighted by Crippen LogP contribution is -2.34. The molecule has 0 bridgehead atoms.